The third kappa shape index (κ3) is 2.65. The normalized spacial score (nSPS) is 17.2. The van der Waals surface area contributed by atoms with Gasteiger partial charge in [0.2, 0.25) is 0 Å². The minimum absolute atomic E-state index is 0.321. The van der Waals surface area contributed by atoms with Crippen LogP contribution in [0.4, 0.5) is 5.13 Å². The molecule has 1 aliphatic heterocycles. The number of piperazine rings is 1. The largest absolute Gasteiger partial charge is 0.345 e. The second kappa shape index (κ2) is 5.68. The molecule has 0 radical (unpaired) electrons. The molecule has 0 aliphatic carbocycles. The molecule has 2 heterocycles. The molecule has 0 aromatic carbocycles. The van der Waals surface area contributed by atoms with Crippen molar-refractivity contribution < 1.29 is 0 Å². The summed E-state index contributed by atoms with van der Waals surface area (Å²) < 4.78 is 0. The maximum absolute atomic E-state index is 9.15. The Morgan fingerprint density at radius 1 is 1.33 bits per heavy atom. The van der Waals surface area contributed by atoms with Crippen LogP contribution in [0.3, 0.4) is 0 Å². The van der Waals surface area contributed by atoms with E-state index in [0.717, 1.165) is 48.4 Å². The van der Waals surface area contributed by atoms with E-state index in [1.807, 2.05) is 0 Å². The van der Waals surface area contributed by atoms with Crippen molar-refractivity contribution in [2.75, 3.05) is 37.6 Å². The van der Waals surface area contributed by atoms with Gasteiger partial charge in [0.1, 0.15) is 10.9 Å². The van der Waals surface area contributed by atoms with Gasteiger partial charge in [-0.15, -0.1) is 0 Å². The molecule has 0 N–H and O–H groups in total. The van der Waals surface area contributed by atoms with Crippen LogP contribution in [-0.4, -0.2) is 42.6 Å². The standard InChI is InChI=1S/C13H20N4S/c1-4-16-5-7-17(8-6-16)13-15-12(10(2)3)11(9-14)18-13/h10H,4-8H2,1-3H3. The van der Waals surface area contributed by atoms with Crippen LogP contribution < -0.4 is 4.90 Å². The zero-order chi connectivity index (χ0) is 13.1. The first-order chi connectivity index (χ1) is 8.65. The van der Waals surface area contributed by atoms with Crippen LogP contribution in [0.2, 0.25) is 0 Å². The number of hydrogen-bond donors (Lipinski definition) is 0. The van der Waals surface area contributed by atoms with Crippen molar-refractivity contribution in [1.29, 1.82) is 5.26 Å². The van der Waals surface area contributed by atoms with E-state index in [0.29, 0.717) is 5.92 Å². The first-order valence-corrected chi connectivity index (χ1v) is 7.35. The monoisotopic (exact) mass is 264 g/mol. The molecule has 98 valence electrons. The van der Waals surface area contributed by atoms with Crippen molar-refractivity contribution in [2.45, 2.75) is 26.7 Å². The lowest BCUT2D eigenvalue weighted by atomic mass is 10.1. The van der Waals surface area contributed by atoms with Crippen LogP contribution in [0.5, 0.6) is 0 Å². The highest BCUT2D eigenvalue weighted by molar-refractivity contribution is 7.16. The van der Waals surface area contributed by atoms with Gasteiger partial charge in [0, 0.05) is 26.2 Å². The van der Waals surface area contributed by atoms with Gasteiger partial charge in [-0.05, 0) is 12.5 Å². The summed E-state index contributed by atoms with van der Waals surface area (Å²) in [7, 11) is 0. The first kappa shape index (κ1) is 13.3. The molecule has 1 saturated heterocycles. The fraction of sp³-hybridized carbons (Fsp3) is 0.692. The zero-order valence-electron chi connectivity index (χ0n) is 11.3. The van der Waals surface area contributed by atoms with Crippen LogP contribution in [0.25, 0.3) is 0 Å². The van der Waals surface area contributed by atoms with Gasteiger partial charge in [0.05, 0.1) is 5.69 Å². The highest BCUT2D eigenvalue weighted by atomic mass is 32.1. The smallest absolute Gasteiger partial charge is 0.186 e. The molecule has 0 saturated carbocycles. The molecule has 4 nitrogen and oxygen atoms in total. The summed E-state index contributed by atoms with van der Waals surface area (Å²) in [6.45, 7) is 11.7. The van der Waals surface area contributed by atoms with E-state index in [1.165, 1.54) is 11.3 Å². The van der Waals surface area contributed by atoms with Crippen LogP contribution >= 0.6 is 11.3 Å². The molecule has 2 rings (SSSR count). The van der Waals surface area contributed by atoms with Gasteiger partial charge in [-0.3, -0.25) is 0 Å². The van der Waals surface area contributed by atoms with Crippen LogP contribution in [-0.2, 0) is 0 Å². The molecular formula is C13H20N4S. The summed E-state index contributed by atoms with van der Waals surface area (Å²) in [5.74, 6) is 0.321. The molecule has 1 aromatic heterocycles. The summed E-state index contributed by atoms with van der Waals surface area (Å²) in [6.07, 6.45) is 0. The van der Waals surface area contributed by atoms with Crippen molar-refractivity contribution >= 4 is 16.5 Å². The molecule has 0 amide bonds. The van der Waals surface area contributed by atoms with Crippen LogP contribution in [0.15, 0.2) is 0 Å². The van der Waals surface area contributed by atoms with Gasteiger partial charge in [0.25, 0.3) is 0 Å². The Morgan fingerprint density at radius 2 is 2.00 bits per heavy atom. The lowest BCUT2D eigenvalue weighted by Gasteiger charge is -2.33. The minimum Gasteiger partial charge on any atom is -0.345 e. The summed E-state index contributed by atoms with van der Waals surface area (Å²) in [5.41, 5.74) is 0.954. The molecule has 0 spiro atoms. The summed E-state index contributed by atoms with van der Waals surface area (Å²) in [4.78, 5) is 10.2. The second-order valence-electron chi connectivity index (χ2n) is 4.90. The van der Waals surface area contributed by atoms with Crippen LogP contribution in [0, 0.1) is 11.3 Å². The summed E-state index contributed by atoms with van der Waals surface area (Å²) in [5, 5.41) is 10.2. The molecule has 5 heteroatoms. The molecule has 1 aromatic rings. The first-order valence-electron chi connectivity index (χ1n) is 6.53. The van der Waals surface area contributed by atoms with Crippen molar-refractivity contribution in [2.24, 2.45) is 0 Å². The molecule has 0 atom stereocenters. The second-order valence-corrected chi connectivity index (χ2v) is 5.88. The Balaban J connectivity index is 2.13. The topological polar surface area (TPSA) is 43.2 Å². The molecule has 1 fully saturated rings. The van der Waals surface area contributed by atoms with Gasteiger partial charge >= 0.3 is 0 Å². The van der Waals surface area contributed by atoms with E-state index in [4.69, 9.17) is 5.26 Å². The quantitative estimate of drug-likeness (QED) is 0.840. The van der Waals surface area contributed by atoms with Gasteiger partial charge < -0.3 is 9.80 Å². The SMILES string of the molecule is CCN1CCN(c2nc(C(C)C)c(C#N)s2)CC1. The minimum atomic E-state index is 0.321. The fourth-order valence-electron chi connectivity index (χ4n) is 2.18. The van der Waals surface area contributed by atoms with Crippen LogP contribution in [0.1, 0.15) is 37.3 Å². The highest BCUT2D eigenvalue weighted by Crippen LogP contribution is 2.30. The average Bonchev–Trinajstić information content (AvgIpc) is 2.83. The predicted molar refractivity (Wildman–Crippen MR) is 75.2 cm³/mol. The molecule has 0 unspecified atom stereocenters. The van der Waals surface area contributed by atoms with Crippen molar-refractivity contribution in [1.82, 2.24) is 9.88 Å². The number of aromatic nitrogens is 1. The summed E-state index contributed by atoms with van der Waals surface area (Å²) in [6, 6.07) is 2.28. The van der Waals surface area contributed by atoms with Crippen molar-refractivity contribution in [3.63, 3.8) is 0 Å². The number of nitrogens with zero attached hydrogens (tertiary/aromatic N) is 4. The Morgan fingerprint density at radius 3 is 2.44 bits per heavy atom. The Bertz CT molecular complexity index is 438. The third-order valence-electron chi connectivity index (χ3n) is 3.38. The van der Waals surface area contributed by atoms with Gasteiger partial charge in [0.15, 0.2) is 5.13 Å². The fourth-order valence-corrected chi connectivity index (χ4v) is 3.25. The van der Waals surface area contributed by atoms with Crippen molar-refractivity contribution in [3.05, 3.63) is 10.6 Å². The molecule has 18 heavy (non-hydrogen) atoms. The number of rotatable bonds is 3. The summed E-state index contributed by atoms with van der Waals surface area (Å²) >= 11 is 1.54. The van der Waals surface area contributed by atoms with E-state index in [1.54, 1.807) is 0 Å². The zero-order valence-corrected chi connectivity index (χ0v) is 12.1. The molecular weight excluding hydrogens is 244 g/mol. The van der Waals surface area contributed by atoms with Gasteiger partial charge in [-0.25, -0.2) is 4.98 Å². The van der Waals surface area contributed by atoms with E-state index < -0.39 is 0 Å². The molecule has 0 bridgehead atoms. The van der Waals surface area contributed by atoms with E-state index in [9.17, 15) is 0 Å². The Kier molecular flexibility index (Phi) is 4.20. The number of anilines is 1. The number of nitriles is 1. The van der Waals surface area contributed by atoms with E-state index in [2.05, 4.69) is 41.6 Å². The maximum atomic E-state index is 9.15. The predicted octanol–water partition coefficient (Wildman–Crippen LogP) is 2.28. The maximum Gasteiger partial charge on any atom is 0.186 e. The van der Waals surface area contributed by atoms with Crippen molar-refractivity contribution in [3.8, 4) is 6.07 Å². The van der Waals surface area contributed by atoms with E-state index >= 15 is 0 Å². The lowest BCUT2D eigenvalue weighted by molar-refractivity contribution is 0.271. The highest BCUT2D eigenvalue weighted by Gasteiger charge is 2.21. The van der Waals surface area contributed by atoms with E-state index in [-0.39, 0.29) is 0 Å². The lowest BCUT2D eigenvalue weighted by Crippen LogP contribution is -2.46. The third-order valence-corrected chi connectivity index (χ3v) is 4.42. The Labute approximate surface area is 113 Å². The average molecular weight is 264 g/mol. The number of thiazole rings is 1. The van der Waals surface area contributed by atoms with Gasteiger partial charge in [-0.2, -0.15) is 5.26 Å². The Hall–Kier alpha value is -1.12. The number of hydrogen-bond acceptors (Lipinski definition) is 5. The number of likely N-dealkylation sites (N-methyl/N-ethyl adjacent to an activating group) is 1. The van der Waals surface area contributed by atoms with Gasteiger partial charge in [-0.1, -0.05) is 32.1 Å². The molecule has 1 aliphatic rings.